The summed E-state index contributed by atoms with van der Waals surface area (Å²) in [6, 6.07) is 3.17. The molecule has 0 amide bonds. The summed E-state index contributed by atoms with van der Waals surface area (Å²) < 4.78 is 32.5. The van der Waals surface area contributed by atoms with Gasteiger partial charge in [0.2, 0.25) is 10.0 Å². The molecule has 1 aliphatic heterocycles. The fourth-order valence-electron chi connectivity index (χ4n) is 2.91. The minimum atomic E-state index is -3.51. The van der Waals surface area contributed by atoms with Crippen LogP contribution in [0.25, 0.3) is 0 Å². The molecule has 24 heavy (non-hydrogen) atoms. The Hall–Kier alpha value is -0.530. The van der Waals surface area contributed by atoms with E-state index in [2.05, 4.69) is 12.2 Å². The van der Waals surface area contributed by atoms with Crippen LogP contribution < -0.4 is 10.1 Å². The lowest BCUT2D eigenvalue weighted by Gasteiger charge is -2.31. The summed E-state index contributed by atoms with van der Waals surface area (Å²) in [5.74, 6) is 1.04. The van der Waals surface area contributed by atoms with Gasteiger partial charge < -0.3 is 10.1 Å². The van der Waals surface area contributed by atoms with Crippen molar-refractivity contribution >= 4 is 34.0 Å². The Morgan fingerprint density at radius 2 is 1.96 bits per heavy atom. The third-order valence-electron chi connectivity index (χ3n) is 4.32. The summed E-state index contributed by atoms with van der Waals surface area (Å²) in [6.07, 6.45) is 1.77. The first kappa shape index (κ1) is 21.5. The smallest absolute Gasteiger partial charge is 0.243 e. The van der Waals surface area contributed by atoms with Gasteiger partial charge in [-0.25, -0.2) is 8.42 Å². The molecule has 0 saturated carbocycles. The zero-order valence-corrected chi connectivity index (χ0v) is 16.7. The topological polar surface area (TPSA) is 58.6 Å². The van der Waals surface area contributed by atoms with Crippen molar-refractivity contribution in [1.82, 2.24) is 9.62 Å². The monoisotopic (exact) mass is 396 g/mol. The first-order valence-electron chi connectivity index (χ1n) is 7.95. The van der Waals surface area contributed by atoms with Crippen LogP contribution in [-0.4, -0.2) is 46.0 Å². The molecule has 0 atom stereocenters. The van der Waals surface area contributed by atoms with E-state index in [-0.39, 0.29) is 17.3 Å². The molecule has 0 unspecified atom stereocenters. The van der Waals surface area contributed by atoms with Crippen molar-refractivity contribution < 1.29 is 13.2 Å². The van der Waals surface area contributed by atoms with E-state index >= 15 is 0 Å². The average Bonchev–Trinajstić information content (AvgIpc) is 2.54. The minimum Gasteiger partial charge on any atom is -0.495 e. The summed E-state index contributed by atoms with van der Waals surface area (Å²) in [5.41, 5.74) is 0.654. The Labute approximate surface area is 156 Å². The number of benzene rings is 1. The first-order chi connectivity index (χ1) is 10.9. The van der Waals surface area contributed by atoms with Gasteiger partial charge in [0.25, 0.3) is 0 Å². The second-order valence-corrected chi connectivity index (χ2v) is 8.22. The van der Waals surface area contributed by atoms with Crippen LogP contribution in [0.4, 0.5) is 0 Å². The van der Waals surface area contributed by atoms with Crippen LogP contribution in [0.2, 0.25) is 5.02 Å². The summed E-state index contributed by atoms with van der Waals surface area (Å²) in [5, 5.41) is 3.65. The van der Waals surface area contributed by atoms with Gasteiger partial charge in [-0.2, -0.15) is 4.31 Å². The van der Waals surface area contributed by atoms with E-state index in [1.165, 1.54) is 13.2 Å². The highest BCUT2D eigenvalue weighted by Gasteiger charge is 2.30. The largest absolute Gasteiger partial charge is 0.495 e. The minimum absolute atomic E-state index is 0. The van der Waals surface area contributed by atoms with Crippen molar-refractivity contribution in [3.63, 3.8) is 0 Å². The summed E-state index contributed by atoms with van der Waals surface area (Å²) in [4.78, 5) is 0.272. The van der Waals surface area contributed by atoms with E-state index in [1.54, 1.807) is 17.3 Å². The molecule has 2 rings (SSSR count). The molecule has 0 spiro atoms. The van der Waals surface area contributed by atoms with Crippen molar-refractivity contribution in [2.45, 2.75) is 31.6 Å². The predicted octanol–water partition coefficient (Wildman–Crippen LogP) is 3.09. The van der Waals surface area contributed by atoms with E-state index in [0.29, 0.717) is 35.3 Å². The molecule has 1 N–H and O–H groups in total. The Balaban J connectivity index is 0.00000288. The Morgan fingerprint density at radius 1 is 1.33 bits per heavy atom. The Bertz CT molecular complexity index is 645. The lowest BCUT2D eigenvalue weighted by Crippen LogP contribution is -2.40. The van der Waals surface area contributed by atoms with E-state index in [1.807, 2.05) is 0 Å². The second kappa shape index (κ2) is 9.25. The van der Waals surface area contributed by atoms with Gasteiger partial charge in [-0.15, -0.1) is 12.4 Å². The van der Waals surface area contributed by atoms with Crippen molar-refractivity contribution in [3.05, 3.63) is 22.7 Å². The van der Waals surface area contributed by atoms with Gasteiger partial charge in [0.15, 0.2) is 0 Å². The lowest BCUT2D eigenvalue weighted by molar-refractivity contribution is 0.268. The number of rotatable bonds is 6. The quantitative estimate of drug-likeness (QED) is 0.802. The van der Waals surface area contributed by atoms with Gasteiger partial charge in [0.1, 0.15) is 5.75 Å². The Kier molecular flexibility index (Phi) is 8.29. The number of halogens is 2. The van der Waals surface area contributed by atoms with E-state index < -0.39 is 10.0 Å². The van der Waals surface area contributed by atoms with Gasteiger partial charge in [0.05, 0.1) is 17.0 Å². The SMILES string of the molecule is CCNCC1CCN(S(=O)(=O)c2cc(Cl)c(OC)cc2C)CC1.Cl. The highest BCUT2D eigenvalue weighted by molar-refractivity contribution is 7.89. The fraction of sp³-hybridized carbons (Fsp3) is 0.625. The third kappa shape index (κ3) is 4.76. The van der Waals surface area contributed by atoms with E-state index in [0.717, 1.165) is 25.9 Å². The normalized spacial score (nSPS) is 16.7. The maximum absolute atomic E-state index is 12.9. The van der Waals surface area contributed by atoms with Crippen molar-refractivity contribution in [2.75, 3.05) is 33.3 Å². The predicted molar refractivity (Wildman–Crippen MR) is 100 cm³/mol. The zero-order valence-electron chi connectivity index (χ0n) is 14.3. The summed E-state index contributed by atoms with van der Waals surface area (Å²) in [7, 11) is -1.99. The van der Waals surface area contributed by atoms with Crippen LogP contribution in [0.1, 0.15) is 25.3 Å². The van der Waals surface area contributed by atoms with Gasteiger partial charge in [-0.3, -0.25) is 0 Å². The van der Waals surface area contributed by atoms with Crippen molar-refractivity contribution in [2.24, 2.45) is 5.92 Å². The van der Waals surface area contributed by atoms with Gasteiger partial charge >= 0.3 is 0 Å². The Morgan fingerprint density at radius 3 is 2.50 bits per heavy atom. The van der Waals surface area contributed by atoms with Crippen LogP contribution in [-0.2, 0) is 10.0 Å². The van der Waals surface area contributed by atoms with E-state index in [4.69, 9.17) is 16.3 Å². The lowest BCUT2D eigenvalue weighted by atomic mass is 9.98. The number of sulfonamides is 1. The number of piperidine rings is 1. The van der Waals surface area contributed by atoms with Crippen LogP contribution in [0.3, 0.4) is 0 Å². The highest BCUT2D eigenvalue weighted by Crippen LogP contribution is 2.32. The second-order valence-electron chi connectivity index (χ2n) is 5.91. The number of nitrogens with zero attached hydrogens (tertiary/aromatic N) is 1. The molecular formula is C16H26Cl2N2O3S. The fourth-order valence-corrected chi connectivity index (χ4v) is 4.92. The first-order valence-corrected chi connectivity index (χ1v) is 9.77. The average molecular weight is 397 g/mol. The van der Waals surface area contributed by atoms with Crippen LogP contribution in [0, 0.1) is 12.8 Å². The van der Waals surface area contributed by atoms with Gasteiger partial charge in [-0.05, 0) is 56.5 Å². The van der Waals surface area contributed by atoms with Crippen molar-refractivity contribution in [1.29, 1.82) is 0 Å². The number of hydrogen-bond donors (Lipinski definition) is 1. The van der Waals surface area contributed by atoms with Crippen LogP contribution in [0.15, 0.2) is 17.0 Å². The summed E-state index contributed by atoms with van der Waals surface area (Å²) in [6.45, 7) is 6.86. The molecular weight excluding hydrogens is 371 g/mol. The number of hydrogen-bond acceptors (Lipinski definition) is 4. The highest BCUT2D eigenvalue weighted by atomic mass is 35.5. The molecule has 5 nitrogen and oxygen atoms in total. The molecule has 8 heteroatoms. The standard InChI is InChI=1S/C16H25ClN2O3S.ClH/c1-4-18-11-13-5-7-19(8-6-13)23(20,21)16-10-14(17)15(22-3)9-12(16)2;/h9-10,13,18H,4-8,11H2,1-3H3;1H. The molecule has 0 bridgehead atoms. The molecule has 1 heterocycles. The maximum atomic E-state index is 12.9. The molecule has 138 valence electrons. The molecule has 1 fully saturated rings. The molecule has 0 radical (unpaired) electrons. The zero-order chi connectivity index (χ0) is 17.0. The molecule has 0 aromatic heterocycles. The molecule has 1 aromatic rings. The number of nitrogens with one attached hydrogen (secondary N) is 1. The number of ether oxygens (including phenoxy) is 1. The number of aryl methyl sites for hydroxylation is 1. The van der Waals surface area contributed by atoms with Crippen LogP contribution in [0.5, 0.6) is 5.75 Å². The molecule has 1 aliphatic rings. The van der Waals surface area contributed by atoms with Crippen molar-refractivity contribution in [3.8, 4) is 5.75 Å². The van der Waals surface area contributed by atoms with Gasteiger partial charge in [-0.1, -0.05) is 18.5 Å². The third-order valence-corrected chi connectivity index (χ3v) is 6.66. The van der Waals surface area contributed by atoms with Crippen LogP contribution >= 0.6 is 24.0 Å². The molecule has 1 saturated heterocycles. The van der Waals surface area contributed by atoms with E-state index in [9.17, 15) is 8.42 Å². The molecule has 1 aromatic carbocycles. The summed E-state index contributed by atoms with van der Waals surface area (Å²) >= 11 is 6.11. The van der Waals surface area contributed by atoms with Gasteiger partial charge in [0, 0.05) is 13.1 Å². The number of methoxy groups -OCH3 is 1. The maximum Gasteiger partial charge on any atom is 0.243 e. The molecule has 0 aliphatic carbocycles.